The monoisotopic (exact) mass is 381 g/mol. The van der Waals surface area contributed by atoms with Gasteiger partial charge in [0.25, 0.3) is 0 Å². The molecule has 3 rings (SSSR count). The van der Waals surface area contributed by atoms with Crippen molar-refractivity contribution in [3.8, 4) is 0 Å². The fraction of sp³-hybridized carbons (Fsp3) is 0.0476. The van der Waals surface area contributed by atoms with E-state index in [1.54, 1.807) is 42.2 Å². The summed E-state index contributed by atoms with van der Waals surface area (Å²) in [5.74, 6) is -0.352. The predicted molar refractivity (Wildman–Crippen MR) is 107 cm³/mol. The molecular formula is C21H16ClNO2S. The van der Waals surface area contributed by atoms with Gasteiger partial charge in [0.1, 0.15) is 0 Å². The lowest BCUT2D eigenvalue weighted by atomic mass is 10.2. The van der Waals surface area contributed by atoms with E-state index >= 15 is 0 Å². The summed E-state index contributed by atoms with van der Waals surface area (Å²) in [5, 5.41) is 0.737. The van der Waals surface area contributed by atoms with Crippen LogP contribution in [-0.2, 0) is 4.74 Å². The van der Waals surface area contributed by atoms with E-state index in [1.165, 1.54) is 7.11 Å². The summed E-state index contributed by atoms with van der Waals surface area (Å²) in [7, 11) is 1.36. The normalized spacial score (nSPS) is 10.8. The topological polar surface area (TPSA) is 38.7 Å². The minimum Gasteiger partial charge on any atom is -0.465 e. The Kier molecular flexibility index (Phi) is 6.10. The number of aliphatic imine (C=N–C) groups is 1. The maximum atomic E-state index is 11.4. The molecule has 0 amide bonds. The molecule has 0 radical (unpaired) electrons. The smallest absolute Gasteiger partial charge is 0.337 e. The average Bonchev–Trinajstić information content (AvgIpc) is 2.69. The van der Waals surface area contributed by atoms with Gasteiger partial charge in [-0.2, -0.15) is 0 Å². The summed E-state index contributed by atoms with van der Waals surface area (Å²) in [5.41, 5.74) is 2.29. The van der Waals surface area contributed by atoms with Crippen molar-refractivity contribution in [3.05, 3.63) is 88.9 Å². The van der Waals surface area contributed by atoms with Crippen molar-refractivity contribution in [2.24, 2.45) is 4.99 Å². The van der Waals surface area contributed by atoms with Gasteiger partial charge < -0.3 is 4.74 Å². The van der Waals surface area contributed by atoms with Crippen LogP contribution < -0.4 is 0 Å². The second-order valence-corrected chi connectivity index (χ2v) is 7.01. The summed E-state index contributed by atoms with van der Waals surface area (Å²) in [6, 6.07) is 22.9. The Morgan fingerprint density at radius 1 is 0.923 bits per heavy atom. The highest BCUT2D eigenvalue weighted by atomic mass is 35.5. The zero-order valence-corrected chi connectivity index (χ0v) is 15.6. The third-order valence-corrected chi connectivity index (χ3v) is 4.85. The van der Waals surface area contributed by atoms with Gasteiger partial charge in [0, 0.05) is 21.0 Å². The van der Waals surface area contributed by atoms with Crippen LogP contribution in [0.2, 0.25) is 5.02 Å². The van der Waals surface area contributed by atoms with Crippen LogP contribution in [0.1, 0.15) is 15.9 Å². The zero-order valence-electron chi connectivity index (χ0n) is 14.1. The largest absolute Gasteiger partial charge is 0.465 e. The van der Waals surface area contributed by atoms with Crippen LogP contribution in [-0.4, -0.2) is 19.3 Å². The third kappa shape index (κ3) is 4.97. The van der Waals surface area contributed by atoms with E-state index in [9.17, 15) is 4.79 Å². The van der Waals surface area contributed by atoms with Crippen molar-refractivity contribution >= 4 is 41.2 Å². The van der Waals surface area contributed by atoms with Crippen molar-refractivity contribution in [2.75, 3.05) is 7.11 Å². The maximum Gasteiger partial charge on any atom is 0.337 e. The molecular weight excluding hydrogens is 366 g/mol. The van der Waals surface area contributed by atoms with Crippen molar-refractivity contribution < 1.29 is 9.53 Å². The highest BCUT2D eigenvalue weighted by molar-refractivity contribution is 7.99. The van der Waals surface area contributed by atoms with Crippen molar-refractivity contribution in [3.63, 3.8) is 0 Å². The molecule has 0 aliphatic carbocycles. The van der Waals surface area contributed by atoms with Gasteiger partial charge >= 0.3 is 5.97 Å². The van der Waals surface area contributed by atoms with Crippen molar-refractivity contribution in [2.45, 2.75) is 9.79 Å². The number of ether oxygens (including phenoxy) is 1. The molecule has 130 valence electrons. The van der Waals surface area contributed by atoms with Gasteiger partial charge in [-0.15, -0.1) is 0 Å². The van der Waals surface area contributed by atoms with E-state index in [4.69, 9.17) is 11.6 Å². The van der Waals surface area contributed by atoms with Gasteiger partial charge in [-0.3, -0.25) is 4.99 Å². The lowest BCUT2D eigenvalue weighted by Gasteiger charge is -2.02. The van der Waals surface area contributed by atoms with Crippen LogP contribution in [0.3, 0.4) is 0 Å². The van der Waals surface area contributed by atoms with E-state index < -0.39 is 0 Å². The van der Waals surface area contributed by atoms with Crippen LogP contribution in [0.25, 0.3) is 0 Å². The summed E-state index contributed by atoms with van der Waals surface area (Å²) >= 11 is 7.58. The molecule has 0 heterocycles. The molecule has 0 spiro atoms. The number of methoxy groups -OCH3 is 1. The average molecular weight is 382 g/mol. The number of carbonyl (C=O) groups is 1. The SMILES string of the molecule is COC(=O)c1ccc(N=Cc2ccc(Sc3ccc(Cl)cc3)cc2)cc1. The number of rotatable bonds is 5. The first-order chi connectivity index (χ1) is 12.6. The molecule has 0 fully saturated rings. The van der Waals surface area contributed by atoms with Crippen molar-refractivity contribution in [1.29, 1.82) is 0 Å². The summed E-state index contributed by atoms with van der Waals surface area (Å²) in [6.45, 7) is 0. The molecule has 0 bridgehead atoms. The van der Waals surface area contributed by atoms with Gasteiger partial charge in [-0.25, -0.2) is 4.79 Å². The Balaban J connectivity index is 1.64. The quantitative estimate of drug-likeness (QED) is 0.400. The van der Waals surface area contributed by atoms with E-state index in [2.05, 4.69) is 21.9 Å². The molecule has 0 N–H and O–H groups in total. The molecule has 5 heteroatoms. The van der Waals surface area contributed by atoms with Crippen LogP contribution in [0, 0.1) is 0 Å². The fourth-order valence-corrected chi connectivity index (χ4v) is 3.15. The molecule has 0 aromatic heterocycles. The number of carbonyl (C=O) groups excluding carboxylic acids is 1. The highest BCUT2D eigenvalue weighted by Gasteiger charge is 2.03. The first-order valence-electron chi connectivity index (χ1n) is 7.90. The lowest BCUT2D eigenvalue weighted by molar-refractivity contribution is 0.0601. The molecule has 0 atom stereocenters. The number of halogens is 1. The van der Waals surface area contributed by atoms with Crippen LogP contribution in [0.15, 0.2) is 87.6 Å². The van der Waals surface area contributed by atoms with Crippen LogP contribution in [0.5, 0.6) is 0 Å². The standard InChI is InChI=1S/C21H16ClNO2S/c1-25-21(24)16-4-8-18(9-5-16)23-14-15-2-10-19(11-3-15)26-20-12-6-17(22)7-13-20/h2-14H,1H3. The Hall–Kier alpha value is -2.56. The molecule has 0 aliphatic rings. The first kappa shape index (κ1) is 18.2. The van der Waals surface area contributed by atoms with Crippen molar-refractivity contribution in [1.82, 2.24) is 0 Å². The minimum atomic E-state index is -0.352. The van der Waals surface area contributed by atoms with E-state index in [0.717, 1.165) is 26.1 Å². The summed E-state index contributed by atoms with van der Waals surface area (Å²) < 4.78 is 4.68. The highest BCUT2D eigenvalue weighted by Crippen LogP contribution is 2.28. The van der Waals surface area contributed by atoms with Crippen LogP contribution >= 0.6 is 23.4 Å². The van der Waals surface area contributed by atoms with Gasteiger partial charge in [0.15, 0.2) is 0 Å². The second-order valence-electron chi connectivity index (χ2n) is 5.42. The molecule has 0 saturated heterocycles. The minimum absolute atomic E-state index is 0.352. The molecule has 0 saturated carbocycles. The molecule has 26 heavy (non-hydrogen) atoms. The number of esters is 1. The van der Waals surface area contributed by atoms with E-state index in [0.29, 0.717) is 5.56 Å². The van der Waals surface area contributed by atoms with Gasteiger partial charge in [-0.1, -0.05) is 35.5 Å². The zero-order chi connectivity index (χ0) is 18.4. The molecule has 3 aromatic rings. The van der Waals surface area contributed by atoms with Gasteiger partial charge in [-0.05, 0) is 66.2 Å². The van der Waals surface area contributed by atoms with Crippen LogP contribution in [0.4, 0.5) is 5.69 Å². The Morgan fingerprint density at radius 2 is 1.50 bits per heavy atom. The third-order valence-electron chi connectivity index (χ3n) is 3.58. The maximum absolute atomic E-state index is 11.4. The number of benzene rings is 3. The number of nitrogens with zero attached hydrogens (tertiary/aromatic N) is 1. The van der Waals surface area contributed by atoms with Gasteiger partial charge in [0.2, 0.25) is 0 Å². The molecule has 3 nitrogen and oxygen atoms in total. The summed E-state index contributed by atoms with van der Waals surface area (Å²) in [6.07, 6.45) is 1.80. The number of hydrogen-bond acceptors (Lipinski definition) is 4. The Bertz CT molecular complexity index is 904. The molecule has 0 unspecified atom stereocenters. The predicted octanol–water partition coefficient (Wildman–Crippen LogP) is 6.03. The lowest BCUT2D eigenvalue weighted by Crippen LogP contribution is -1.99. The molecule has 3 aromatic carbocycles. The van der Waals surface area contributed by atoms with Gasteiger partial charge in [0.05, 0.1) is 18.4 Å². The first-order valence-corrected chi connectivity index (χ1v) is 9.09. The fourth-order valence-electron chi connectivity index (χ4n) is 2.21. The summed E-state index contributed by atoms with van der Waals surface area (Å²) in [4.78, 5) is 18.1. The van der Waals surface area contributed by atoms with E-state index in [1.807, 2.05) is 36.4 Å². The Labute approximate surface area is 161 Å². The number of hydrogen-bond donors (Lipinski definition) is 0. The van der Waals surface area contributed by atoms with E-state index in [-0.39, 0.29) is 5.97 Å². The molecule has 0 aliphatic heterocycles. The Morgan fingerprint density at radius 3 is 2.08 bits per heavy atom. The second kappa shape index (κ2) is 8.70.